The Labute approximate surface area is 111 Å². The van der Waals surface area contributed by atoms with Gasteiger partial charge in [-0.1, -0.05) is 0 Å². The third kappa shape index (κ3) is 2.56. The third-order valence-corrected chi connectivity index (χ3v) is 3.04. The van der Waals surface area contributed by atoms with E-state index in [-0.39, 0.29) is 26.1 Å². The lowest BCUT2D eigenvalue weighted by Gasteiger charge is -2.34. The van der Waals surface area contributed by atoms with Gasteiger partial charge in [-0.15, -0.1) is 0 Å². The molecule has 1 amide bonds. The van der Waals surface area contributed by atoms with Crippen LogP contribution in [0.4, 0.5) is 0 Å². The van der Waals surface area contributed by atoms with Crippen molar-refractivity contribution in [3.8, 4) is 0 Å². The van der Waals surface area contributed by atoms with Crippen LogP contribution < -0.4 is 0 Å². The van der Waals surface area contributed by atoms with Crippen LogP contribution in [0, 0.1) is 0 Å². The molecule has 0 aromatic rings. The van der Waals surface area contributed by atoms with Crippen molar-refractivity contribution in [3.05, 3.63) is 0 Å². The van der Waals surface area contributed by atoms with E-state index in [1.54, 1.807) is 13.8 Å². The van der Waals surface area contributed by atoms with Gasteiger partial charge in [-0.2, -0.15) is 0 Å². The van der Waals surface area contributed by atoms with Crippen LogP contribution in [0.2, 0.25) is 0 Å². The van der Waals surface area contributed by atoms with Gasteiger partial charge in [-0.25, -0.2) is 9.59 Å². The summed E-state index contributed by atoms with van der Waals surface area (Å²) in [6, 6.07) is 0. The first-order valence-corrected chi connectivity index (χ1v) is 6.24. The maximum atomic E-state index is 12.1. The van der Waals surface area contributed by atoms with E-state index in [0.717, 1.165) is 4.90 Å². The molecule has 1 saturated heterocycles. The van der Waals surface area contributed by atoms with Gasteiger partial charge in [0.05, 0.1) is 13.2 Å². The average Bonchev–Trinajstić information content (AvgIpc) is 2.68. The second-order valence-electron chi connectivity index (χ2n) is 4.21. The average molecular weight is 273 g/mol. The highest BCUT2D eigenvalue weighted by Gasteiger charge is 2.60. The summed E-state index contributed by atoms with van der Waals surface area (Å²) in [5.41, 5.74) is -1.86. The lowest BCUT2D eigenvalue weighted by atomic mass is 9.96. The van der Waals surface area contributed by atoms with Crippen molar-refractivity contribution >= 4 is 17.8 Å². The Balaban J connectivity index is 3.21. The van der Waals surface area contributed by atoms with Crippen molar-refractivity contribution in [1.29, 1.82) is 0 Å². The molecule has 1 aliphatic rings. The second kappa shape index (κ2) is 6.01. The summed E-state index contributed by atoms with van der Waals surface area (Å²) < 4.78 is 9.76. The van der Waals surface area contributed by atoms with Crippen LogP contribution in [0.25, 0.3) is 0 Å². The van der Waals surface area contributed by atoms with Gasteiger partial charge < -0.3 is 14.6 Å². The van der Waals surface area contributed by atoms with Crippen LogP contribution in [-0.4, -0.2) is 52.8 Å². The molecule has 19 heavy (non-hydrogen) atoms. The first-order chi connectivity index (χ1) is 8.91. The van der Waals surface area contributed by atoms with Gasteiger partial charge in [0.2, 0.25) is 11.4 Å². The first kappa shape index (κ1) is 15.4. The van der Waals surface area contributed by atoms with E-state index >= 15 is 0 Å². The fourth-order valence-corrected chi connectivity index (χ4v) is 2.31. The molecule has 7 heteroatoms. The number of likely N-dealkylation sites (tertiary alicyclic amines) is 1. The molecule has 0 spiro atoms. The molecule has 1 fully saturated rings. The number of aliphatic hydroxyl groups excluding tert-OH is 1. The number of esters is 2. The highest BCUT2D eigenvalue weighted by molar-refractivity contribution is 6.08. The SMILES string of the molecule is CCOC(=O)C1(C(=O)OCC)CCC(O)N1C(C)=O. The lowest BCUT2D eigenvalue weighted by Crippen LogP contribution is -2.61. The summed E-state index contributed by atoms with van der Waals surface area (Å²) in [6.07, 6.45) is -1.07. The number of hydrogen-bond donors (Lipinski definition) is 1. The quantitative estimate of drug-likeness (QED) is 0.564. The normalized spacial score (nSPS) is 21.1. The van der Waals surface area contributed by atoms with Gasteiger partial charge in [0.25, 0.3) is 0 Å². The molecule has 1 unspecified atom stereocenters. The molecule has 1 rings (SSSR count). The molecule has 0 aromatic carbocycles. The van der Waals surface area contributed by atoms with Crippen molar-refractivity contribution in [1.82, 2.24) is 4.90 Å². The molecular weight excluding hydrogens is 254 g/mol. The van der Waals surface area contributed by atoms with E-state index in [2.05, 4.69) is 0 Å². The van der Waals surface area contributed by atoms with Gasteiger partial charge in [0.15, 0.2) is 0 Å². The largest absolute Gasteiger partial charge is 0.464 e. The fourth-order valence-electron chi connectivity index (χ4n) is 2.31. The van der Waals surface area contributed by atoms with Crippen LogP contribution >= 0.6 is 0 Å². The van der Waals surface area contributed by atoms with Crippen LogP contribution in [0.3, 0.4) is 0 Å². The number of amides is 1. The molecule has 7 nitrogen and oxygen atoms in total. The van der Waals surface area contributed by atoms with Crippen molar-refractivity contribution in [2.24, 2.45) is 0 Å². The van der Waals surface area contributed by atoms with Crippen molar-refractivity contribution in [2.45, 2.75) is 45.4 Å². The molecule has 0 bridgehead atoms. The minimum atomic E-state index is -1.86. The number of aliphatic hydroxyl groups is 1. The molecular formula is C12H19NO6. The van der Waals surface area contributed by atoms with Gasteiger partial charge in [0, 0.05) is 6.92 Å². The molecule has 0 saturated carbocycles. The molecule has 108 valence electrons. The monoisotopic (exact) mass is 273 g/mol. The molecule has 1 aliphatic heterocycles. The predicted octanol–water partition coefficient (Wildman–Crippen LogP) is -0.188. The van der Waals surface area contributed by atoms with Gasteiger partial charge in [-0.3, -0.25) is 9.69 Å². The molecule has 0 radical (unpaired) electrons. The minimum absolute atomic E-state index is 0.00852. The maximum absolute atomic E-state index is 12.1. The van der Waals surface area contributed by atoms with Crippen LogP contribution in [0.1, 0.15) is 33.6 Å². The van der Waals surface area contributed by atoms with Crippen LogP contribution in [0.5, 0.6) is 0 Å². The number of rotatable bonds is 4. The lowest BCUT2D eigenvalue weighted by molar-refractivity contribution is -0.181. The van der Waals surface area contributed by atoms with Crippen molar-refractivity contribution in [3.63, 3.8) is 0 Å². The molecule has 1 heterocycles. The summed E-state index contributed by atoms with van der Waals surface area (Å²) in [5, 5.41) is 9.82. The van der Waals surface area contributed by atoms with Crippen molar-refractivity contribution < 1.29 is 29.0 Å². The Kier molecular flexibility index (Phi) is 4.88. The summed E-state index contributed by atoms with van der Waals surface area (Å²) >= 11 is 0. The van der Waals surface area contributed by atoms with E-state index < -0.39 is 29.6 Å². The Morgan fingerprint density at radius 2 is 1.68 bits per heavy atom. The maximum Gasteiger partial charge on any atom is 0.343 e. The number of nitrogens with zero attached hydrogens (tertiary/aromatic N) is 1. The number of carbonyl (C=O) groups is 3. The zero-order chi connectivity index (χ0) is 14.6. The Bertz CT molecular complexity index is 362. The van der Waals surface area contributed by atoms with E-state index in [9.17, 15) is 19.5 Å². The predicted molar refractivity (Wildman–Crippen MR) is 63.8 cm³/mol. The molecule has 0 aromatic heterocycles. The van der Waals surface area contributed by atoms with E-state index in [0.29, 0.717) is 0 Å². The summed E-state index contributed by atoms with van der Waals surface area (Å²) in [6.45, 7) is 4.52. The minimum Gasteiger partial charge on any atom is -0.464 e. The molecule has 0 aliphatic carbocycles. The second-order valence-corrected chi connectivity index (χ2v) is 4.21. The summed E-state index contributed by atoms with van der Waals surface area (Å²) in [5.74, 6) is -2.30. The Morgan fingerprint density at radius 3 is 2.05 bits per heavy atom. The van der Waals surface area contributed by atoms with Crippen LogP contribution in [0.15, 0.2) is 0 Å². The zero-order valence-electron chi connectivity index (χ0n) is 11.3. The molecule has 1 atom stereocenters. The van der Waals surface area contributed by atoms with E-state index in [1.807, 2.05) is 0 Å². The topological polar surface area (TPSA) is 93.1 Å². The van der Waals surface area contributed by atoms with E-state index in [1.165, 1.54) is 6.92 Å². The first-order valence-electron chi connectivity index (χ1n) is 6.24. The smallest absolute Gasteiger partial charge is 0.343 e. The number of hydrogen-bond acceptors (Lipinski definition) is 6. The molecule has 1 N–H and O–H groups in total. The Hall–Kier alpha value is -1.63. The fraction of sp³-hybridized carbons (Fsp3) is 0.750. The summed E-state index contributed by atoms with van der Waals surface area (Å²) in [7, 11) is 0. The van der Waals surface area contributed by atoms with Gasteiger partial charge >= 0.3 is 11.9 Å². The van der Waals surface area contributed by atoms with Crippen molar-refractivity contribution in [2.75, 3.05) is 13.2 Å². The number of ether oxygens (including phenoxy) is 2. The summed E-state index contributed by atoms with van der Waals surface area (Å²) in [4.78, 5) is 36.7. The number of carbonyl (C=O) groups excluding carboxylic acids is 3. The highest BCUT2D eigenvalue weighted by atomic mass is 16.6. The van der Waals surface area contributed by atoms with E-state index in [4.69, 9.17) is 9.47 Å². The van der Waals surface area contributed by atoms with Gasteiger partial charge in [0.1, 0.15) is 6.23 Å². The third-order valence-electron chi connectivity index (χ3n) is 3.04. The highest BCUT2D eigenvalue weighted by Crippen LogP contribution is 2.35. The Morgan fingerprint density at radius 1 is 1.21 bits per heavy atom. The standard InChI is InChI=1S/C12H19NO6/c1-4-18-10(16)12(11(17)19-5-2)7-6-9(15)13(12)8(3)14/h9,15H,4-7H2,1-3H3. The van der Waals surface area contributed by atoms with Gasteiger partial charge in [-0.05, 0) is 26.7 Å². The zero-order valence-corrected chi connectivity index (χ0v) is 11.3. The van der Waals surface area contributed by atoms with Crippen LogP contribution in [-0.2, 0) is 23.9 Å².